The van der Waals surface area contributed by atoms with Crippen molar-refractivity contribution in [2.45, 2.75) is 104 Å². The van der Waals surface area contributed by atoms with Crippen LogP contribution in [0.15, 0.2) is 24.3 Å². The van der Waals surface area contributed by atoms with Crippen molar-refractivity contribution in [3.05, 3.63) is 46.5 Å². The predicted molar refractivity (Wildman–Crippen MR) is 135 cm³/mol. The first-order valence-corrected chi connectivity index (χ1v) is 13.4. The van der Waals surface area contributed by atoms with Crippen LogP contribution in [0, 0.1) is 0 Å². The second kappa shape index (κ2) is 11.8. The fraction of sp³-hybridized carbons (Fsp3) is 0.600. The summed E-state index contributed by atoms with van der Waals surface area (Å²) < 4.78 is 13.0. The number of hydrogen-bond acceptors (Lipinski definition) is 2. The van der Waals surface area contributed by atoms with E-state index >= 15 is 0 Å². The Hall–Kier alpha value is -1.96. The summed E-state index contributed by atoms with van der Waals surface area (Å²) in [6, 6.07) is 9.19. The molecule has 0 amide bonds. The summed E-state index contributed by atoms with van der Waals surface area (Å²) >= 11 is 0. The molecule has 0 heterocycles. The van der Waals surface area contributed by atoms with Crippen LogP contribution >= 0.6 is 0 Å². The minimum absolute atomic E-state index is 0.807. The first kappa shape index (κ1) is 23.2. The van der Waals surface area contributed by atoms with Crippen molar-refractivity contribution in [2.24, 2.45) is 0 Å². The van der Waals surface area contributed by atoms with E-state index in [1.165, 1.54) is 97.6 Å². The number of hydrogen-bond donors (Lipinski definition) is 0. The molecule has 2 aliphatic carbocycles. The van der Waals surface area contributed by atoms with Crippen LogP contribution in [0.4, 0.5) is 0 Å². The number of aryl methyl sites for hydroxylation is 2. The molecule has 0 fully saturated rings. The summed E-state index contributed by atoms with van der Waals surface area (Å²) in [5.74, 6) is 2.17. The molecule has 0 spiro atoms. The molecule has 0 aliphatic heterocycles. The lowest BCUT2D eigenvalue weighted by Crippen LogP contribution is -2.12. The number of rotatable bonds is 11. The molecule has 0 unspecified atom stereocenters. The van der Waals surface area contributed by atoms with Gasteiger partial charge >= 0.3 is 0 Å². The predicted octanol–water partition coefficient (Wildman–Crippen LogP) is 8.25. The highest BCUT2D eigenvalue weighted by atomic mass is 16.5. The largest absolute Gasteiger partial charge is 0.493 e. The van der Waals surface area contributed by atoms with Crippen LogP contribution in [0.3, 0.4) is 0 Å². The summed E-state index contributed by atoms with van der Waals surface area (Å²) in [7, 11) is 0. The molecular formula is C30H42O2. The lowest BCUT2D eigenvalue weighted by molar-refractivity contribution is 0.302. The lowest BCUT2D eigenvalue weighted by atomic mass is 9.80. The Kier molecular flexibility index (Phi) is 8.54. The molecule has 2 aliphatic rings. The lowest BCUT2D eigenvalue weighted by Gasteiger charge is -2.28. The van der Waals surface area contributed by atoms with Gasteiger partial charge in [-0.15, -0.1) is 0 Å². The Balaban J connectivity index is 1.79. The first-order chi connectivity index (χ1) is 15.8. The van der Waals surface area contributed by atoms with Gasteiger partial charge in [0, 0.05) is 11.1 Å². The van der Waals surface area contributed by atoms with Crippen molar-refractivity contribution in [3.63, 3.8) is 0 Å². The summed E-state index contributed by atoms with van der Waals surface area (Å²) in [5, 5.41) is 0. The van der Waals surface area contributed by atoms with Crippen LogP contribution in [-0.2, 0) is 25.7 Å². The van der Waals surface area contributed by atoms with Crippen molar-refractivity contribution in [3.8, 4) is 22.6 Å². The van der Waals surface area contributed by atoms with Gasteiger partial charge in [-0.05, 0) is 98.6 Å². The van der Waals surface area contributed by atoms with Crippen LogP contribution < -0.4 is 9.47 Å². The Morgan fingerprint density at radius 3 is 1.44 bits per heavy atom. The Labute approximate surface area is 195 Å². The number of unbranched alkanes of at least 4 members (excludes halogenated alkanes) is 4. The average Bonchev–Trinajstić information content (AvgIpc) is 2.84. The van der Waals surface area contributed by atoms with Crippen LogP contribution in [0.2, 0.25) is 0 Å². The second-order valence-corrected chi connectivity index (χ2v) is 9.68. The first-order valence-electron chi connectivity index (χ1n) is 13.4. The zero-order valence-electron chi connectivity index (χ0n) is 20.4. The molecule has 0 saturated carbocycles. The third-order valence-corrected chi connectivity index (χ3v) is 7.25. The van der Waals surface area contributed by atoms with Gasteiger partial charge in [-0.2, -0.15) is 0 Å². The van der Waals surface area contributed by atoms with E-state index in [1.54, 1.807) is 0 Å². The van der Waals surface area contributed by atoms with E-state index in [-0.39, 0.29) is 0 Å². The van der Waals surface area contributed by atoms with Crippen molar-refractivity contribution < 1.29 is 9.47 Å². The highest BCUT2D eigenvalue weighted by Crippen LogP contribution is 2.47. The zero-order chi connectivity index (χ0) is 22.2. The van der Waals surface area contributed by atoms with Gasteiger partial charge in [0.2, 0.25) is 0 Å². The van der Waals surface area contributed by atoms with Gasteiger partial charge in [-0.3, -0.25) is 0 Å². The summed E-state index contributed by atoms with van der Waals surface area (Å²) in [6.45, 7) is 6.12. The van der Waals surface area contributed by atoms with E-state index in [0.717, 1.165) is 50.4 Å². The molecule has 4 rings (SSSR count). The van der Waals surface area contributed by atoms with Gasteiger partial charge in [0.1, 0.15) is 11.5 Å². The molecule has 174 valence electrons. The quantitative estimate of drug-likeness (QED) is 0.331. The highest BCUT2D eigenvalue weighted by molar-refractivity contribution is 5.83. The SMILES string of the molecule is CCCCCOc1ccc2c(c1-c1c(OCCCCC)ccc3c1CCCC3)CCCC2. The topological polar surface area (TPSA) is 18.5 Å². The summed E-state index contributed by atoms with van der Waals surface area (Å²) in [4.78, 5) is 0. The Bertz CT molecular complexity index is 809. The van der Waals surface area contributed by atoms with Crippen LogP contribution in [0.25, 0.3) is 11.1 Å². The zero-order valence-corrected chi connectivity index (χ0v) is 20.4. The smallest absolute Gasteiger partial charge is 0.127 e. The summed E-state index contributed by atoms with van der Waals surface area (Å²) in [6.07, 6.45) is 17.0. The Morgan fingerprint density at radius 2 is 1.00 bits per heavy atom. The van der Waals surface area contributed by atoms with Gasteiger partial charge in [0.05, 0.1) is 13.2 Å². The van der Waals surface area contributed by atoms with Gasteiger partial charge in [0.25, 0.3) is 0 Å². The maximum absolute atomic E-state index is 6.49. The van der Waals surface area contributed by atoms with Crippen molar-refractivity contribution in [1.29, 1.82) is 0 Å². The van der Waals surface area contributed by atoms with Crippen molar-refractivity contribution in [1.82, 2.24) is 0 Å². The average molecular weight is 435 g/mol. The van der Waals surface area contributed by atoms with E-state index in [2.05, 4.69) is 38.1 Å². The van der Waals surface area contributed by atoms with Crippen molar-refractivity contribution >= 4 is 0 Å². The van der Waals surface area contributed by atoms with E-state index in [1.807, 2.05) is 0 Å². The molecule has 0 radical (unpaired) electrons. The van der Waals surface area contributed by atoms with Crippen LogP contribution in [0.1, 0.15) is 100 Å². The molecular weight excluding hydrogens is 392 g/mol. The minimum atomic E-state index is 0.807. The van der Waals surface area contributed by atoms with Crippen molar-refractivity contribution in [2.75, 3.05) is 13.2 Å². The number of ether oxygens (including phenoxy) is 2. The molecule has 0 aromatic heterocycles. The highest BCUT2D eigenvalue weighted by Gasteiger charge is 2.26. The third kappa shape index (κ3) is 5.33. The standard InChI is InChI=1S/C30H42O2/c1-3-5-11-21-31-27-19-17-23-13-7-9-15-25(23)29(27)30-26-16-10-8-14-24(26)18-20-28(30)32-22-12-6-4-2/h17-20H,3-16,21-22H2,1-2H3. The van der Waals surface area contributed by atoms with Gasteiger partial charge in [-0.1, -0.05) is 51.7 Å². The van der Waals surface area contributed by atoms with E-state index in [0.29, 0.717) is 0 Å². The van der Waals surface area contributed by atoms with Crippen LogP contribution in [-0.4, -0.2) is 13.2 Å². The fourth-order valence-corrected chi connectivity index (χ4v) is 5.47. The second-order valence-electron chi connectivity index (χ2n) is 9.68. The molecule has 0 N–H and O–H groups in total. The van der Waals surface area contributed by atoms with E-state index in [4.69, 9.17) is 9.47 Å². The molecule has 2 aromatic carbocycles. The molecule has 0 saturated heterocycles. The van der Waals surface area contributed by atoms with Gasteiger partial charge in [0.15, 0.2) is 0 Å². The Morgan fingerprint density at radius 1 is 0.562 bits per heavy atom. The number of benzene rings is 2. The maximum atomic E-state index is 6.49. The van der Waals surface area contributed by atoms with E-state index in [9.17, 15) is 0 Å². The third-order valence-electron chi connectivity index (χ3n) is 7.25. The molecule has 2 nitrogen and oxygen atoms in total. The normalized spacial score (nSPS) is 15.2. The van der Waals surface area contributed by atoms with Gasteiger partial charge in [-0.25, -0.2) is 0 Å². The molecule has 2 heteroatoms. The molecule has 0 bridgehead atoms. The number of fused-ring (bicyclic) bond motifs is 2. The molecule has 32 heavy (non-hydrogen) atoms. The molecule has 2 aromatic rings. The monoisotopic (exact) mass is 434 g/mol. The van der Waals surface area contributed by atoms with Gasteiger partial charge < -0.3 is 9.47 Å². The fourth-order valence-electron chi connectivity index (χ4n) is 5.47. The maximum Gasteiger partial charge on any atom is 0.127 e. The minimum Gasteiger partial charge on any atom is -0.493 e. The summed E-state index contributed by atoms with van der Waals surface area (Å²) in [5.41, 5.74) is 8.84. The van der Waals surface area contributed by atoms with E-state index < -0.39 is 0 Å². The van der Waals surface area contributed by atoms with Crippen LogP contribution in [0.5, 0.6) is 11.5 Å². The molecule has 0 atom stereocenters.